The molecule has 55 heavy (non-hydrogen) atoms. The molecule has 0 radical (unpaired) electrons. The van der Waals surface area contributed by atoms with Crippen molar-refractivity contribution in [1.82, 2.24) is 0 Å². The molecule has 0 amide bonds. The van der Waals surface area contributed by atoms with E-state index in [0.717, 1.165) is 56.7 Å². The number of hydrogen-bond acceptors (Lipinski definition) is 3. The van der Waals surface area contributed by atoms with Gasteiger partial charge in [0.25, 0.3) is 0 Å². The Morgan fingerprint density at radius 1 is 0.255 bits per heavy atom. The van der Waals surface area contributed by atoms with Gasteiger partial charge in [-0.2, -0.15) is 0 Å². The summed E-state index contributed by atoms with van der Waals surface area (Å²) in [5.41, 5.74) is 10.9. The molecule has 9 rings (SSSR count). The van der Waals surface area contributed by atoms with Gasteiger partial charge in [0, 0.05) is 51.2 Å². The zero-order valence-corrected chi connectivity index (χ0v) is 30.4. The van der Waals surface area contributed by atoms with Crippen LogP contribution >= 0.6 is 0 Å². The Morgan fingerprint density at radius 3 is 0.891 bits per heavy atom. The fraction of sp³-hybridized carbons (Fsp3) is 0. The van der Waals surface area contributed by atoms with Gasteiger partial charge in [-0.3, -0.25) is 0 Å². The lowest BCUT2D eigenvalue weighted by molar-refractivity contribution is 1.25. The molecule has 0 aliphatic rings. The van der Waals surface area contributed by atoms with Gasteiger partial charge in [-0.1, -0.05) is 122 Å². The van der Waals surface area contributed by atoms with Crippen molar-refractivity contribution < 1.29 is 0 Å². The van der Waals surface area contributed by atoms with Gasteiger partial charge in [-0.05, 0) is 136 Å². The van der Waals surface area contributed by atoms with Crippen LogP contribution in [0, 0.1) is 0 Å². The maximum Gasteiger partial charge on any atom is 0.0468 e. The van der Waals surface area contributed by atoms with E-state index < -0.39 is 0 Å². The summed E-state index contributed by atoms with van der Waals surface area (Å²) in [7, 11) is 0. The standard InChI is InChI=1S/C52H39N3/c1-2-39-21-25-46(26-22-39)53(47-29-33-49(34-30-47)54(44-17-5-3-6-18-44)51-27-23-40-13-9-11-15-42(40)37-51)48-31-35-50(36-32-48)55(45-19-7-4-8-20-45)52-28-24-41-14-10-12-16-43(41)38-52/h2-38H,1H2. The SMILES string of the molecule is C=Cc1ccc(N(c2ccc(N(c3ccccc3)c3ccc4ccccc4c3)cc2)c2ccc(N(c3ccccc3)c3ccc4ccccc4c3)cc2)cc1. The Balaban J connectivity index is 1.11. The molecule has 3 nitrogen and oxygen atoms in total. The Bertz CT molecular complexity index is 2540. The molecule has 9 aromatic rings. The van der Waals surface area contributed by atoms with Gasteiger partial charge >= 0.3 is 0 Å². The molecule has 0 heterocycles. The van der Waals surface area contributed by atoms with E-state index in [1.54, 1.807) is 0 Å². The van der Waals surface area contributed by atoms with Crippen LogP contribution in [0.5, 0.6) is 0 Å². The normalized spacial score (nSPS) is 11.0. The van der Waals surface area contributed by atoms with E-state index in [-0.39, 0.29) is 0 Å². The van der Waals surface area contributed by atoms with Crippen molar-refractivity contribution >= 4 is 78.8 Å². The molecule has 0 N–H and O–H groups in total. The van der Waals surface area contributed by atoms with Crippen LogP contribution in [0.1, 0.15) is 5.56 Å². The monoisotopic (exact) mass is 705 g/mol. The second-order valence-corrected chi connectivity index (χ2v) is 13.6. The summed E-state index contributed by atoms with van der Waals surface area (Å²) in [5, 5.41) is 4.87. The first-order chi connectivity index (χ1) is 27.2. The second-order valence-electron chi connectivity index (χ2n) is 13.6. The number of para-hydroxylation sites is 2. The van der Waals surface area contributed by atoms with Crippen LogP contribution in [0.25, 0.3) is 27.6 Å². The summed E-state index contributed by atoms with van der Waals surface area (Å²) < 4.78 is 0. The predicted molar refractivity (Wildman–Crippen MR) is 236 cm³/mol. The van der Waals surface area contributed by atoms with Crippen molar-refractivity contribution in [2.24, 2.45) is 0 Å². The lowest BCUT2D eigenvalue weighted by atomic mass is 10.1. The van der Waals surface area contributed by atoms with E-state index in [4.69, 9.17) is 0 Å². The van der Waals surface area contributed by atoms with Gasteiger partial charge in [-0.25, -0.2) is 0 Å². The maximum atomic E-state index is 3.98. The van der Waals surface area contributed by atoms with Crippen LogP contribution in [-0.4, -0.2) is 0 Å². The van der Waals surface area contributed by atoms with Crippen molar-refractivity contribution in [3.63, 3.8) is 0 Å². The molecule has 262 valence electrons. The van der Waals surface area contributed by atoms with E-state index in [0.29, 0.717) is 0 Å². The summed E-state index contributed by atoms with van der Waals surface area (Å²) in [6.45, 7) is 3.98. The molecular formula is C52H39N3. The number of rotatable bonds is 10. The largest absolute Gasteiger partial charge is 0.311 e. The van der Waals surface area contributed by atoms with E-state index in [9.17, 15) is 0 Å². The zero-order valence-electron chi connectivity index (χ0n) is 30.4. The molecule has 0 spiro atoms. The van der Waals surface area contributed by atoms with Crippen LogP contribution in [0.2, 0.25) is 0 Å². The minimum absolute atomic E-state index is 1.06. The van der Waals surface area contributed by atoms with Crippen molar-refractivity contribution in [2.75, 3.05) is 14.7 Å². The van der Waals surface area contributed by atoms with Crippen LogP contribution in [-0.2, 0) is 0 Å². The minimum Gasteiger partial charge on any atom is -0.311 e. The molecule has 3 heteroatoms. The minimum atomic E-state index is 1.06. The van der Waals surface area contributed by atoms with Crippen LogP contribution in [0.15, 0.2) is 225 Å². The molecule has 0 aliphatic carbocycles. The lowest BCUT2D eigenvalue weighted by Gasteiger charge is -2.29. The Morgan fingerprint density at radius 2 is 0.527 bits per heavy atom. The highest BCUT2D eigenvalue weighted by Crippen LogP contribution is 2.42. The maximum absolute atomic E-state index is 3.98. The molecular weight excluding hydrogens is 667 g/mol. The summed E-state index contributed by atoms with van der Waals surface area (Å²) in [6, 6.07) is 77.8. The summed E-state index contributed by atoms with van der Waals surface area (Å²) >= 11 is 0. The van der Waals surface area contributed by atoms with E-state index in [2.05, 4.69) is 240 Å². The first-order valence-corrected chi connectivity index (χ1v) is 18.6. The lowest BCUT2D eigenvalue weighted by Crippen LogP contribution is -2.13. The molecule has 0 unspecified atom stereocenters. The fourth-order valence-electron chi connectivity index (χ4n) is 7.39. The van der Waals surface area contributed by atoms with Crippen molar-refractivity contribution in [1.29, 1.82) is 0 Å². The number of benzene rings is 9. The molecule has 0 fully saturated rings. The van der Waals surface area contributed by atoms with Gasteiger partial charge in [-0.15, -0.1) is 0 Å². The third-order valence-corrected chi connectivity index (χ3v) is 10.1. The van der Waals surface area contributed by atoms with Gasteiger partial charge in [0.05, 0.1) is 0 Å². The van der Waals surface area contributed by atoms with Gasteiger partial charge in [0.2, 0.25) is 0 Å². The van der Waals surface area contributed by atoms with Crippen LogP contribution in [0.3, 0.4) is 0 Å². The molecule has 0 saturated carbocycles. The number of anilines is 9. The topological polar surface area (TPSA) is 9.72 Å². The smallest absolute Gasteiger partial charge is 0.0468 e. The van der Waals surface area contributed by atoms with Crippen LogP contribution in [0.4, 0.5) is 51.2 Å². The number of nitrogens with zero attached hydrogens (tertiary/aromatic N) is 3. The Labute approximate surface area is 322 Å². The Kier molecular flexibility index (Phi) is 9.09. The first kappa shape index (κ1) is 33.5. The molecule has 0 aliphatic heterocycles. The third-order valence-electron chi connectivity index (χ3n) is 10.1. The average Bonchev–Trinajstić information content (AvgIpc) is 3.26. The fourth-order valence-corrected chi connectivity index (χ4v) is 7.39. The number of fused-ring (bicyclic) bond motifs is 2. The van der Waals surface area contributed by atoms with Crippen molar-refractivity contribution in [2.45, 2.75) is 0 Å². The first-order valence-electron chi connectivity index (χ1n) is 18.6. The van der Waals surface area contributed by atoms with E-state index in [1.165, 1.54) is 21.5 Å². The molecule has 0 aromatic heterocycles. The third kappa shape index (κ3) is 6.83. The summed E-state index contributed by atoms with van der Waals surface area (Å²) in [5.74, 6) is 0. The second kappa shape index (κ2) is 14.9. The summed E-state index contributed by atoms with van der Waals surface area (Å²) in [4.78, 5) is 6.95. The van der Waals surface area contributed by atoms with Gasteiger partial charge < -0.3 is 14.7 Å². The molecule has 0 bridgehead atoms. The van der Waals surface area contributed by atoms with E-state index >= 15 is 0 Å². The van der Waals surface area contributed by atoms with Gasteiger partial charge in [0.15, 0.2) is 0 Å². The summed E-state index contributed by atoms with van der Waals surface area (Å²) in [6.07, 6.45) is 1.88. The van der Waals surface area contributed by atoms with Crippen molar-refractivity contribution in [3.8, 4) is 0 Å². The van der Waals surface area contributed by atoms with Crippen LogP contribution < -0.4 is 14.7 Å². The van der Waals surface area contributed by atoms with Crippen molar-refractivity contribution in [3.05, 3.63) is 231 Å². The van der Waals surface area contributed by atoms with Gasteiger partial charge in [0.1, 0.15) is 0 Å². The molecule has 9 aromatic carbocycles. The van der Waals surface area contributed by atoms with E-state index in [1.807, 2.05) is 6.08 Å². The predicted octanol–water partition coefficient (Wildman–Crippen LogP) is 15.0. The molecule has 0 saturated heterocycles. The number of hydrogen-bond donors (Lipinski definition) is 0. The quantitative estimate of drug-likeness (QED) is 0.140. The highest BCUT2D eigenvalue weighted by atomic mass is 15.2. The average molecular weight is 706 g/mol. The zero-order chi connectivity index (χ0) is 37.0. The Hall–Kier alpha value is -7.36. The molecule has 0 atom stereocenters. The highest BCUT2D eigenvalue weighted by molar-refractivity contribution is 5.91. The highest BCUT2D eigenvalue weighted by Gasteiger charge is 2.18.